The molecule has 5 nitrogen and oxygen atoms in total. The summed E-state index contributed by atoms with van der Waals surface area (Å²) in [6, 6.07) is 1.27. The maximum atomic E-state index is 4.76. The Morgan fingerprint density at radius 2 is 2.35 bits per heavy atom. The smallest absolute Gasteiger partial charge is 0.213 e. The summed E-state index contributed by atoms with van der Waals surface area (Å²) in [6.07, 6.45) is 4.66. The second-order valence-electron chi connectivity index (χ2n) is 4.67. The van der Waals surface area contributed by atoms with E-state index in [0.29, 0.717) is 12.1 Å². The number of piperazine rings is 1. The fourth-order valence-electron chi connectivity index (χ4n) is 2.42. The van der Waals surface area contributed by atoms with E-state index in [1.807, 2.05) is 0 Å². The third-order valence-corrected chi connectivity index (χ3v) is 3.61. The molecule has 5 heteroatoms. The van der Waals surface area contributed by atoms with E-state index in [1.165, 1.54) is 19.2 Å². The van der Waals surface area contributed by atoms with Gasteiger partial charge < -0.3 is 9.84 Å². The number of hydrogen-bond donors (Lipinski definition) is 1. The average Bonchev–Trinajstić information content (AvgIpc) is 2.89. The molecule has 2 atom stereocenters. The Morgan fingerprint density at radius 1 is 1.47 bits per heavy atom. The molecule has 1 aromatic rings. The maximum absolute atomic E-state index is 4.76. The molecule has 1 N–H and O–H groups in total. The summed E-state index contributed by atoms with van der Waals surface area (Å²) in [5.74, 6) is 0.812. The molecule has 1 aliphatic heterocycles. The van der Waals surface area contributed by atoms with E-state index < -0.39 is 0 Å². The van der Waals surface area contributed by atoms with Gasteiger partial charge in [-0.1, -0.05) is 19.0 Å². The highest BCUT2D eigenvalue weighted by atomic mass is 16.5. The van der Waals surface area contributed by atoms with Crippen LogP contribution in [0.5, 0.6) is 0 Å². The van der Waals surface area contributed by atoms with Crippen molar-refractivity contribution in [3.63, 3.8) is 0 Å². The van der Waals surface area contributed by atoms with Gasteiger partial charge in [-0.15, -0.1) is 0 Å². The van der Waals surface area contributed by atoms with Gasteiger partial charge in [-0.3, -0.25) is 4.90 Å². The van der Waals surface area contributed by atoms with Crippen LogP contribution in [0.15, 0.2) is 10.9 Å². The predicted octanol–water partition coefficient (Wildman–Crippen LogP) is 1.07. The van der Waals surface area contributed by atoms with Crippen LogP contribution in [0.2, 0.25) is 0 Å². The first-order chi connectivity index (χ1) is 8.33. The van der Waals surface area contributed by atoms with Crippen LogP contribution >= 0.6 is 0 Å². The van der Waals surface area contributed by atoms with Crippen molar-refractivity contribution in [1.29, 1.82) is 0 Å². The highest BCUT2D eigenvalue weighted by Gasteiger charge is 2.25. The molecule has 1 aliphatic rings. The lowest BCUT2D eigenvalue weighted by molar-refractivity contribution is 0.125. The Kier molecular flexibility index (Phi) is 4.50. The molecular formula is C12H22N4O. The lowest BCUT2D eigenvalue weighted by Gasteiger charge is -2.39. The van der Waals surface area contributed by atoms with Crippen LogP contribution in [-0.4, -0.2) is 46.8 Å². The highest BCUT2D eigenvalue weighted by Crippen LogP contribution is 2.12. The summed E-state index contributed by atoms with van der Waals surface area (Å²) in [7, 11) is 0. The first-order valence-electron chi connectivity index (χ1n) is 6.56. The molecule has 2 rings (SSSR count). The number of nitrogens with one attached hydrogen (secondary N) is 1. The van der Waals surface area contributed by atoms with Crippen LogP contribution in [0.1, 0.15) is 32.5 Å². The zero-order chi connectivity index (χ0) is 12.1. The Bertz CT molecular complexity index is 314. The van der Waals surface area contributed by atoms with E-state index in [9.17, 15) is 0 Å². The van der Waals surface area contributed by atoms with E-state index in [-0.39, 0.29) is 0 Å². The van der Waals surface area contributed by atoms with Crippen LogP contribution in [0, 0.1) is 0 Å². The minimum absolute atomic E-state index is 0.628. The van der Waals surface area contributed by atoms with Crippen LogP contribution in [-0.2, 0) is 6.42 Å². The molecule has 0 bridgehead atoms. The lowest BCUT2D eigenvalue weighted by Crippen LogP contribution is -2.56. The van der Waals surface area contributed by atoms with Crippen molar-refractivity contribution < 1.29 is 4.52 Å². The zero-order valence-corrected chi connectivity index (χ0v) is 10.7. The van der Waals surface area contributed by atoms with Crippen LogP contribution in [0.25, 0.3) is 0 Å². The summed E-state index contributed by atoms with van der Waals surface area (Å²) in [6.45, 7) is 7.74. The van der Waals surface area contributed by atoms with Crippen molar-refractivity contribution in [3.05, 3.63) is 12.2 Å². The van der Waals surface area contributed by atoms with Gasteiger partial charge in [0.25, 0.3) is 0 Å². The topological polar surface area (TPSA) is 54.2 Å². The molecule has 1 aromatic heterocycles. The third-order valence-electron chi connectivity index (χ3n) is 3.61. The Labute approximate surface area is 103 Å². The molecule has 0 spiro atoms. The average molecular weight is 238 g/mol. The summed E-state index contributed by atoms with van der Waals surface area (Å²) < 4.78 is 4.76. The van der Waals surface area contributed by atoms with Crippen molar-refractivity contribution in [1.82, 2.24) is 20.4 Å². The van der Waals surface area contributed by atoms with Crippen molar-refractivity contribution in [3.8, 4) is 0 Å². The van der Waals surface area contributed by atoms with Gasteiger partial charge in [0.15, 0.2) is 5.82 Å². The number of hydrogen-bond acceptors (Lipinski definition) is 5. The molecule has 96 valence electrons. The fraction of sp³-hybridized carbons (Fsp3) is 0.833. The largest absolute Gasteiger partial charge is 0.343 e. The molecule has 0 aromatic carbocycles. The van der Waals surface area contributed by atoms with Gasteiger partial charge in [-0.05, 0) is 12.8 Å². The van der Waals surface area contributed by atoms with Crippen LogP contribution in [0.3, 0.4) is 0 Å². The molecular weight excluding hydrogens is 216 g/mol. The zero-order valence-electron chi connectivity index (χ0n) is 10.7. The minimum atomic E-state index is 0.628. The number of nitrogens with zero attached hydrogens (tertiary/aromatic N) is 3. The van der Waals surface area contributed by atoms with Crippen molar-refractivity contribution in [2.75, 3.05) is 19.6 Å². The third kappa shape index (κ3) is 3.26. The molecule has 1 saturated heterocycles. The second kappa shape index (κ2) is 6.12. The van der Waals surface area contributed by atoms with Gasteiger partial charge in [0.1, 0.15) is 0 Å². The molecule has 2 heterocycles. The molecule has 1 fully saturated rings. The molecule has 2 unspecified atom stereocenters. The van der Waals surface area contributed by atoms with Gasteiger partial charge in [0.2, 0.25) is 6.39 Å². The molecule has 0 aliphatic carbocycles. The molecule has 0 amide bonds. The van der Waals surface area contributed by atoms with E-state index in [2.05, 4.69) is 34.2 Å². The van der Waals surface area contributed by atoms with Crippen LogP contribution in [0.4, 0.5) is 0 Å². The van der Waals surface area contributed by atoms with Gasteiger partial charge in [-0.2, -0.15) is 4.98 Å². The normalized spacial score (nSPS) is 26.2. The van der Waals surface area contributed by atoms with Crippen molar-refractivity contribution >= 4 is 0 Å². The lowest BCUT2D eigenvalue weighted by atomic mass is 10.0. The fourth-order valence-corrected chi connectivity index (χ4v) is 2.42. The summed E-state index contributed by atoms with van der Waals surface area (Å²) in [5, 5.41) is 7.46. The predicted molar refractivity (Wildman–Crippen MR) is 65.7 cm³/mol. The number of aromatic nitrogens is 2. The van der Waals surface area contributed by atoms with Gasteiger partial charge >= 0.3 is 0 Å². The molecule has 0 saturated carbocycles. The SMILES string of the molecule is CCC1CN(CCc2ncon2)C(CC)CN1. The monoisotopic (exact) mass is 238 g/mol. The standard InChI is InChI=1S/C12H22N4O/c1-3-10-8-16(11(4-2)7-13-10)6-5-12-14-9-17-15-12/h9-11,13H,3-8H2,1-2H3. The Hall–Kier alpha value is -0.940. The van der Waals surface area contributed by atoms with Gasteiger partial charge in [-0.25, -0.2) is 0 Å². The molecule has 0 radical (unpaired) electrons. The highest BCUT2D eigenvalue weighted by molar-refractivity contribution is 4.87. The van der Waals surface area contributed by atoms with Crippen molar-refractivity contribution in [2.45, 2.75) is 45.2 Å². The molecule has 17 heavy (non-hydrogen) atoms. The van der Waals surface area contributed by atoms with Crippen molar-refractivity contribution in [2.24, 2.45) is 0 Å². The summed E-state index contributed by atoms with van der Waals surface area (Å²) >= 11 is 0. The van der Waals surface area contributed by atoms with E-state index in [4.69, 9.17) is 4.52 Å². The first kappa shape index (κ1) is 12.5. The quantitative estimate of drug-likeness (QED) is 0.831. The first-order valence-corrected chi connectivity index (χ1v) is 6.56. The Balaban J connectivity index is 1.86. The van der Waals surface area contributed by atoms with E-state index in [0.717, 1.165) is 31.9 Å². The summed E-state index contributed by atoms with van der Waals surface area (Å²) in [4.78, 5) is 6.63. The Morgan fingerprint density at radius 3 is 3.00 bits per heavy atom. The van der Waals surface area contributed by atoms with E-state index >= 15 is 0 Å². The van der Waals surface area contributed by atoms with Gasteiger partial charge in [0, 0.05) is 38.1 Å². The van der Waals surface area contributed by atoms with E-state index in [1.54, 1.807) is 0 Å². The van der Waals surface area contributed by atoms with Crippen LogP contribution < -0.4 is 5.32 Å². The number of rotatable bonds is 5. The van der Waals surface area contributed by atoms with Gasteiger partial charge in [0.05, 0.1) is 0 Å². The minimum Gasteiger partial charge on any atom is -0.343 e. The maximum Gasteiger partial charge on any atom is 0.213 e. The summed E-state index contributed by atoms with van der Waals surface area (Å²) in [5.41, 5.74) is 0. The second-order valence-corrected chi connectivity index (χ2v) is 4.67.